The van der Waals surface area contributed by atoms with Crippen LogP contribution in [0.3, 0.4) is 0 Å². The standard InChI is InChI=1S/C6H4Cl2N4O8/c7-3-1-2-5(9(13)14,10(15)16)4(8)6(3,11(17)18)12(19)20/h1-4H. The second kappa shape index (κ2) is 4.79. The van der Waals surface area contributed by atoms with E-state index in [0.717, 1.165) is 0 Å². The smallest absolute Gasteiger partial charge is 0.258 e. The fourth-order valence-electron chi connectivity index (χ4n) is 1.73. The molecule has 0 amide bonds. The molecule has 0 aromatic carbocycles. The number of nitro groups is 4. The van der Waals surface area contributed by atoms with Crippen molar-refractivity contribution < 1.29 is 19.7 Å². The summed E-state index contributed by atoms with van der Waals surface area (Å²) in [6.07, 6.45) is 0.769. The molecular formula is C6H4Cl2N4O8. The van der Waals surface area contributed by atoms with Crippen LogP contribution >= 0.6 is 23.2 Å². The van der Waals surface area contributed by atoms with Gasteiger partial charge in [-0.15, -0.1) is 11.6 Å². The van der Waals surface area contributed by atoms with E-state index in [4.69, 9.17) is 23.2 Å². The minimum Gasteiger partial charge on any atom is -0.258 e. The Labute approximate surface area is 118 Å². The molecule has 12 nitrogen and oxygen atoms in total. The Morgan fingerprint density at radius 3 is 1.55 bits per heavy atom. The van der Waals surface area contributed by atoms with E-state index < -0.39 is 41.8 Å². The van der Waals surface area contributed by atoms with Gasteiger partial charge in [0.1, 0.15) is 19.7 Å². The Kier molecular flexibility index (Phi) is 3.83. The molecule has 0 saturated carbocycles. The largest absolute Gasteiger partial charge is 0.508 e. The van der Waals surface area contributed by atoms with Crippen molar-refractivity contribution in [2.24, 2.45) is 0 Å². The highest BCUT2D eigenvalue weighted by molar-refractivity contribution is 6.26. The van der Waals surface area contributed by atoms with Crippen molar-refractivity contribution in [1.29, 1.82) is 0 Å². The number of nitrogens with zero attached hydrogens (tertiary/aromatic N) is 4. The molecule has 20 heavy (non-hydrogen) atoms. The molecule has 0 aliphatic heterocycles. The lowest BCUT2D eigenvalue weighted by Gasteiger charge is -2.29. The molecule has 0 radical (unpaired) electrons. The molecule has 1 rings (SSSR count). The van der Waals surface area contributed by atoms with Crippen LogP contribution in [-0.4, -0.2) is 41.8 Å². The zero-order valence-electron chi connectivity index (χ0n) is 9.12. The van der Waals surface area contributed by atoms with Crippen molar-refractivity contribution in [3.05, 3.63) is 52.6 Å². The monoisotopic (exact) mass is 330 g/mol. The molecule has 2 atom stereocenters. The van der Waals surface area contributed by atoms with Crippen molar-refractivity contribution >= 4 is 23.2 Å². The van der Waals surface area contributed by atoms with Gasteiger partial charge in [-0.3, -0.25) is 40.5 Å². The topological polar surface area (TPSA) is 173 Å². The van der Waals surface area contributed by atoms with Crippen molar-refractivity contribution in [2.75, 3.05) is 0 Å². The maximum atomic E-state index is 11.0. The first-order chi connectivity index (χ1) is 9.06. The van der Waals surface area contributed by atoms with Gasteiger partial charge in [0.15, 0.2) is 5.38 Å². The summed E-state index contributed by atoms with van der Waals surface area (Å²) in [4.78, 5) is 37.6. The van der Waals surface area contributed by atoms with Crippen LogP contribution in [0.25, 0.3) is 0 Å². The second-order valence-corrected chi connectivity index (χ2v) is 4.62. The van der Waals surface area contributed by atoms with Crippen LogP contribution in [-0.2, 0) is 0 Å². The van der Waals surface area contributed by atoms with Gasteiger partial charge < -0.3 is 0 Å². The van der Waals surface area contributed by atoms with Gasteiger partial charge in [0, 0.05) is 0 Å². The zero-order valence-corrected chi connectivity index (χ0v) is 10.6. The summed E-state index contributed by atoms with van der Waals surface area (Å²) in [7, 11) is 0. The van der Waals surface area contributed by atoms with Crippen LogP contribution < -0.4 is 0 Å². The average Bonchev–Trinajstić information content (AvgIpc) is 2.27. The van der Waals surface area contributed by atoms with E-state index in [9.17, 15) is 40.5 Å². The van der Waals surface area contributed by atoms with E-state index >= 15 is 0 Å². The van der Waals surface area contributed by atoms with Crippen molar-refractivity contribution in [1.82, 2.24) is 0 Å². The number of hydrogen-bond donors (Lipinski definition) is 0. The van der Waals surface area contributed by atoms with Gasteiger partial charge in [-0.2, -0.15) is 0 Å². The average molecular weight is 331 g/mol. The summed E-state index contributed by atoms with van der Waals surface area (Å²) in [6.45, 7) is 0. The van der Waals surface area contributed by atoms with Gasteiger partial charge >= 0.3 is 16.7 Å². The molecule has 0 fully saturated rings. The highest BCUT2D eigenvalue weighted by Crippen LogP contribution is 2.42. The molecule has 0 aromatic heterocycles. The molecule has 1 aliphatic rings. The van der Waals surface area contributed by atoms with Crippen LogP contribution in [0.15, 0.2) is 12.2 Å². The number of alkyl halides is 2. The third-order valence-corrected chi connectivity index (χ3v) is 3.94. The first kappa shape index (κ1) is 16.0. The SMILES string of the molecule is O=[N+]([O-])C1([N+](=O)[O-])C=CC(Cl)C([N+](=O)[O-])([N+](=O)[O-])C1Cl. The lowest BCUT2D eigenvalue weighted by atomic mass is 9.86. The van der Waals surface area contributed by atoms with E-state index in [1.54, 1.807) is 0 Å². The van der Waals surface area contributed by atoms with Gasteiger partial charge in [0.2, 0.25) is 0 Å². The van der Waals surface area contributed by atoms with E-state index in [-0.39, 0.29) is 0 Å². The second-order valence-electron chi connectivity index (χ2n) is 3.72. The van der Waals surface area contributed by atoms with Gasteiger partial charge in [-0.1, -0.05) is 11.6 Å². The third kappa shape index (κ3) is 1.68. The van der Waals surface area contributed by atoms with Crippen molar-refractivity contribution in [2.45, 2.75) is 22.1 Å². The molecule has 0 aromatic rings. The zero-order chi connectivity index (χ0) is 15.9. The molecule has 0 N–H and O–H groups in total. The predicted molar refractivity (Wildman–Crippen MR) is 61.9 cm³/mol. The molecule has 14 heteroatoms. The Bertz CT molecular complexity index is 507. The van der Waals surface area contributed by atoms with Crippen LogP contribution in [0.5, 0.6) is 0 Å². The highest BCUT2D eigenvalue weighted by atomic mass is 35.5. The first-order valence-electron chi connectivity index (χ1n) is 4.61. The highest BCUT2D eigenvalue weighted by Gasteiger charge is 2.84. The number of halogens is 2. The Balaban J connectivity index is 3.72. The van der Waals surface area contributed by atoms with Crippen molar-refractivity contribution in [3.8, 4) is 0 Å². The van der Waals surface area contributed by atoms with Crippen LogP contribution in [0.4, 0.5) is 0 Å². The Hall–Kier alpha value is -2.08. The van der Waals surface area contributed by atoms with Crippen LogP contribution in [0.1, 0.15) is 0 Å². The molecule has 0 saturated heterocycles. The summed E-state index contributed by atoms with van der Waals surface area (Å²) in [5.41, 5.74) is -6.93. The van der Waals surface area contributed by atoms with E-state index in [0.29, 0.717) is 12.2 Å². The lowest BCUT2D eigenvalue weighted by molar-refractivity contribution is -0.837. The van der Waals surface area contributed by atoms with Gasteiger partial charge in [0.25, 0.3) is 0 Å². The van der Waals surface area contributed by atoms with Gasteiger partial charge in [-0.25, -0.2) is 0 Å². The minimum atomic E-state index is -3.50. The lowest BCUT2D eigenvalue weighted by Crippen LogP contribution is -2.71. The Morgan fingerprint density at radius 2 is 1.25 bits per heavy atom. The molecule has 0 bridgehead atoms. The summed E-state index contributed by atoms with van der Waals surface area (Å²) in [5.74, 6) is 0. The normalized spacial score (nSPS) is 26.7. The van der Waals surface area contributed by atoms with Crippen LogP contribution in [0, 0.1) is 40.5 Å². The fourth-order valence-corrected chi connectivity index (χ4v) is 2.68. The van der Waals surface area contributed by atoms with E-state index in [1.165, 1.54) is 0 Å². The summed E-state index contributed by atoms with van der Waals surface area (Å²) in [6, 6.07) is 0. The molecule has 110 valence electrons. The predicted octanol–water partition coefficient (Wildman–Crippen LogP) is 0.270. The maximum Gasteiger partial charge on any atom is 0.508 e. The molecule has 1 aliphatic carbocycles. The number of hydrogen-bond acceptors (Lipinski definition) is 8. The first-order valence-corrected chi connectivity index (χ1v) is 5.49. The maximum absolute atomic E-state index is 11.0. The molecular weight excluding hydrogens is 327 g/mol. The summed E-state index contributed by atoms with van der Waals surface area (Å²) >= 11 is 10.9. The summed E-state index contributed by atoms with van der Waals surface area (Å²) < 4.78 is 0. The summed E-state index contributed by atoms with van der Waals surface area (Å²) in [5, 5.41) is 39.1. The minimum absolute atomic E-state index is 0.313. The molecule has 2 unspecified atom stereocenters. The van der Waals surface area contributed by atoms with Gasteiger partial charge in [-0.05, 0) is 6.08 Å². The fraction of sp³-hybridized carbons (Fsp3) is 0.667. The van der Waals surface area contributed by atoms with Crippen molar-refractivity contribution in [3.63, 3.8) is 0 Å². The van der Waals surface area contributed by atoms with Gasteiger partial charge in [0.05, 0.1) is 6.08 Å². The van der Waals surface area contributed by atoms with E-state index in [2.05, 4.69) is 0 Å². The Morgan fingerprint density at radius 1 is 0.850 bits per heavy atom. The quantitative estimate of drug-likeness (QED) is 0.232. The number of rotatable bonds is 4. The molecule has 0 heterocycles. The van der Waals surface area contributed by atoms with E-state index in [1.807, 2.05) is 0 Å². The third-order valence-electron chi connectivity index (χ3n) is 2.83. The molecule has 0 spiro atoms. The van der Waals surface area contributed by atoms with Crippen LogP contribution in [0.2, 0.25) is 0 Å².